The number of nitrogens with one attached hydrogen (secondary N) is 2. The molecule has 15 heteroatoms. The van der Waals surface area contributed by atoms with Gasteiger partial charge in [0.25, 0.3) is 5.91 Å². The maximum atomic E-state index is 13.1. The highest BCUT2D eigenvalue weighted by atomic mass is 19.4. The summed E-state index contributed by atoms with van der Waals surface area (Å²) in [6.07, 6.45) is -3.33. The standard InChI is InChI=1S/C23H18F6N6O3/c24-22(25,26)13-9-12(10-14(11-13)23(27,28)29)19-32-18(38-35-19)6-5-17(36)30-7-8-31-20-15-3-1-2-4-16(15)21(37)34-33-20/h1-4,9-11,16,31H,5-8H2,(H,30,36). The molecule has 9 nitrogen and oxygen atoms in total. The Morgan fingerprint density at radius 1 is 0.974 bits per heavy atom. The van der Waals surface area contributed by atoms with Crippen LogP contribution >= 0.6 is 0 Å². The predicted molar refractivity (Wildman–Crippen MR) is 118 cm³/mol. The van der Waals surface area contributed by atoms with Crippen molar-refractivity contribution in [1.29, 1.82) is 0 Å². The molecule has 2 heterocycles. The van der Waals surface area contributed by atoms with Crippen LogP contribution in [0.4, 0.5) is 26.3 Å². The fourth-order valence-corrected chi connectivity index (χ4v) is 3.59. The zero-order chi connectivity index (χ0) is 27.5. The Bertz CT molecular complexity index is 1320. The third-order valence-corrected chi connectivity index (χ3v) is 5.43. The summed E-state index contributed by atoms with van der Waals surface area (Å²) in [5.74, 6) is -1.50. The molecule has 1 aromatic carbocycles. The molecule has 1 unspecified atom stereocenters. The van der Waals surface area contributed by atoms with E-state index in [9.17, 15) is 35.9 Å². The number of fused-ring (bicyclic) bond motifs is 1. The average Bonchev–Trinajstić information content (AvgIpc) is 3.35. The molecular formula is C23H18F6N6O3. The predicted octanol–water partition coefficient (Wildman–Crippen LogP) is 4.36. The molecule has 0 saturated carbocycles. The second kappa shape index (κ2) is 10.6. The summed E-state index contributed by atoms with van der Waals surface area (Å²) in [5.41, 5.74) is -2.88. The second-order valence-electron chi connectivity index (χ2n) is 8.15. The molecule has 0 bridgehead atoms. The van der Waals surface area contributed by atoms with Crippen LogP contribution < -0.4 is 10.6 Å². The first-order valence-electron chi connectivity index (χ1n) is 11.1. The highest BCUT2D eigenvalue weighted by molar-refractivity contribution is 5.86. The summed E-state index contributed by atoms with van der Waals surface area (Å²) in [6, 6.07) is 0.977. The van der Waals surface area contributed by atoms with Crippen LogP contribution in [-0.2, 0) is 28.4 Å². The van der Waals surface area contributed by atoms with Crippen LogP contribution in [0.5, 0.6) is 0 Å². The molecule has 2 aromatic rings. The van der Waals surface area contributed by atoms with E-state index in [0.717, 1.165) is 0 Å². The van der Waals surface area contributed by atoms with E-state index in [1.54, 1.807) is 24.3 Å². The first-order chi connectivity index (χ1) is 17.9. The number of hydrogen-bond donors (Lipinski definition) is 2. The van der Waals surface area contributed by atoms with Crippen molar-refractivity contribution in [2.75, 3.05) is 13.1 Å². The summed E-state index contributed by atoms with van der Waals surface area (Å²) < 4.78 is 83.4. The van der Waals surface area contributed by atoms with E-state index in [4.69, 9.17) is 4.52 Å². The van der Waals surface area contributed by atoms with E-state index < -0.39 is 46.7 Å². The summed E-state index contributed by atoms with van der Waals surface area (Å²) in [6.45, 7) is 0.451. The third kappa shape index (κ3) is 6.33. The van der Waals surface area contributed by atoms with Gasteiger partial charge in [-0.05, 0) is 18.2 Å². The van der Waals surface area contributed by atoms with Crippen molar-refractivity contribution in [2.45, 2.75) is 25.2 Å². The van der Waals surface area contributed by atoms with Crippen molar-refractivity contribution >= 4 is 11.8 Å². The molecule has 200 valence electrons. The number of rotatable bonds is 8. The van der Waals surface area contributed by atoms with E-state index in [1.165, 1.54) is 0 Å². The van der Waals surface area contributed by atoms with Gasteiger partial charge in [0.15, 0.2) is 5.82 Å². The van der Waals surface area contributed by atoms with Crippen molar-refractivity contribution in [3.8, 4) is 11.4 Å². The van der Waals surface area contributed by atoms with E-state index in [0.29, 0.717) is 23.5 Å². The molecule has 1 aromatic heterocycles. The zero-order valence-electron chi connectivity index (χ0n) is 19.2. The van der Waals surface area contributed by atoms with Gasteiger partial charge >= 0.3 is 12.4 Å². The average molecular weight is 540 g/mol. The van der Waals surface area contributed by atoms with E-state index in [-0.39, 0.29) is 43.8 Å². The number of allylic oxidation sites excluding steroid dienone is 3. The van der Waals surface area contributed by atoms with Gasteiger partial charge in [0.05, 0.1) is 17.0 Å². The lowest BCUT2D eigenvalue weighted by atomic mass is 9.93. The number of aryl methyl sites for hydroxylation is 1. The van der Waals surface area contributed by atoms with Gasteiger partial charge in [-0.3, -0.25) is 9.59 Å². The van der Waals surface area contributed by atoms with Gasteiger partial charge in [-0.1, -0.05) is 29.5 Å². The van der Waals surface area contributed by atoms with Gasteiger partial charge in [-0.15, -0.1) is 10.2 Å². The molecule has 1 atom stereocenters. The summed E-state index contributed by atoms with van der Waals surface area (Å²) >= 11 is 0. The van der Waals surface area contributed by atoms with Crippen LogP contribution in [-0.4, -0.2) is 35.0 Å². The number of benzene rings is 1. The quantitative estimate of drug-likeness (QED) is 0.379. The molecule has 4 rings (SSSR count). The molecule has 0 saturated heterocycles. The number of amides is 2. The van der Waals surface area contributed by atoms with Gasteiger partial charge in [-0.25, -0.2) is 0 Å². The van der Waals surface area contributed by atoms with Crippen molar-refractivity contribution in [1.82, 2.24) is 20.8 Å². The summed E-state index contributed by atoms with van der Waals surface area (Å²) in [7, 11) is 0. The minimum absolute atomic E-state index is 0.00122. The first kappa shape index (κ1) is 26.8. The van der Waals surface area contributed by atoms with Gasteiger partial charge < -0.3 is 15.2 Å². The minimum Gasteiger partial charge on any atom is -0.367 e. The topological polar surface area (TPSA) is 122 Å². The molecule has 2 aliphatic rings. The molecule has 2 amide bonds. The Labute approximate surface area is 210 Å². The lowest BCUT2D eigenvalue weighted by Gasteiger charge is -2.20. The molecule has 0 spiro atoms. The zero-order valence-corrected chi connectivity index (χ0v) is 19.2. The Balaban J connectivity index is 1.30. The van der Waals surface area contributed by atoms with Crippen LogP contribution in [0, 0.1) is 5.92 Å². The maximum Gasteiger partial charge on any atom is 0.416 e. The normalized spacial score (nSPS) is 17.1. The fraction of sp³-hybridized carbons (Fsp3) is 0.304. The Morgan fingerprint density at radius 3 is 2.37 bits per heavy atom. The van der Waals surface area contributed by atoms with Crippen molar-refractivity contribution in [3.63, 3.8) is 0 Å². The lowest BCUT2D eigenvalue weighted by molar-refractivity contribution is -0.143. The SMILES string of the molecule is O=C(CCc1nc(-c2cc(C(F)(F)F)cc(C(F)(F)F)c2)no1)NCCNC1=C2C=CC=CC2C(=O)N=N1. The second-order valence-corrected chi connectivity index (χ2v) is 8.15. The van der Waals surface area contributed by atoms with Gasteiger partial charge in [0.1, 0.15) is 0 Å². The number of hydrogen-bond acceptors (Lipinski definition) is 7. The highest BCUT2D eigenvalue weighted by Gasteiger charge is 2.37. The number of nitrogens with zero attached hydrogens (tertiary/aromatic N) is 4. The lowest BCUT2D eigenvalue weighted by Crippen LogP contribution is -2.33. The molecule has 38 heavy (non-hydrogen) atoms. The van der Waals surface area contributed by atoms with Crippen LogP contribution in [0.1, 0.15) is 23.4 Å². The Kier molecular flexibility index (Phi) is 7.46. The molecule has 0 fully saturated rings. The van der Waals surface area contributed by atoms with Gasteiger partial charge in [0.2, 0.25) is 17.6 Å². The van der Waals surface area contributed by atoms with Crippen molar-refractivity contribution < 1.29 is 40.5 Å². The van der Waals surface area contributed by atoms with E-state index in [1.807, 2.05) is 0 Å². The van der Waals surface area contributed by atoms with Crippen LogP contribution in [0.2, 0.25) is 0 Å². The van der Waals surface area contributed by atoms with Gasteiger partial charge in [-0.2, -0.15) is 31.3 Å². The fourth-order valence-electron chi connectivity index (χ4n) is 3.59. The summed E-state index contributed by atoms with van der Waals surface area (Å²) in [4.78, 5) is 27.8. The number of halogens is 6. The third-order valence-electron chi connectivity index (χ3n) is 5.43. The largest absolute Gasteiger partial charge is 0.416 e. The van der Waals surface area contributed by atoms with Crippen LogP contribution in [0.3, 0.4) is 0 Å². The molecular weight excluding hydrogens is 522 g/mol. The van der Waals surface area contributed by atoms with Crippen LogP contribution in [0.25, 0.3) is 11.4 Å². The summed E-state index contributed by atoms with van der Waals surface area (Å²) in [5, 5.41) is 16.5. The molecule has 1 aliphatic carbocycles. The minimum atomic E-state index is -5.02. The smallest absolute Gasteiger partial charge is 0.367 e. The number of alkyl halides is 6. The molecule has 1 aliphatic heterocycles. The number of carbonyl (C=O) groups excluding carboxylic acids is 2. The monoisotopic (exact) mass is 540 g/mol. The van der Waals surface area contributed by atoms with E-state index in [2.05, 4.69) is 31.0 Å². The van der Waals surface area contributed by atoms with Crippen LogP contribution in [0.15, 0.2) is 68.6 Å². The first-order valence-corrected chi connectivity index (χ1v) is 11.1. The van der Waals surface area contributed by atoms with E-state index >= 15 is 0 Å². The Morgan fingerprint density at radius 2 is 1.68 bits per heavy atom. The Hall–Kier alpha value is -4.30. The van der Waals surface area contributed by atoms with Crippen molar-refractivity contribution in [2.24, 2.45) is 16.1 Å². The number of aromatic nitrogens is 2. The van der Waals surface area contributed by atoms with Gasteiger partial charge in [0, 0.05) is 37.1 Å². The van der Waals surface area contributed by atoms with Crippen molar-refractivity contribution in [3.05, 3.63) is 70.9 Å². The number of azo groups is 1. The molecule has 0 radical (unpaired) electrons. The maximum absolute atomic E-state index is 13.1. The number of carbonyl (C=O) groups is 2. The highest BCUT2D eigenvalue weighted by Crippen LogP contribution is 2.38. The molecule has 2 N–H and O–H groups in total.